The van der Waals surface area contributed by atoms with Crippen molar-refractivity contribution in [2.45, 2.75) is 123 Å². The Labute approximate surface area is 276 Å². The minimum Gasteiger partial charge on any atom is -0.394 e. The second-order valence-corrected chi connectivity index (χ2v) is 12.8. The first kappa shape index (κ1) is 40.8. The predicted octanol–water partition coefficient (Wildman–Crippen LogP) is -9.92. The van der Waals surface area contributed by atoms with Crippen molar-refractivity contribution >= 4 is 10.4 Å². The number of rotatable bonds is 12. The molecule has 20 atom stereocenters. The van der Waals surface area contributed by atoms with E-state index in [0.717, 1.165) is 0 Å². The molecule has 0 unspecified atom stereocenters. The van der Waals surface area contributed by atoms with Crippen LogP contribution >= 0.6 is 0 Å². The van der Waals surface area contributed by atoms with Gasteiger partial charge in [0.2, 0.25) is 0 Å². The predicted molar refractivity (Wildman–Crippen MR) is 144 cm³/mol. The molecule has 24 nitrogen and oxygen atoms in total. The first-order valence-corrected chi connectivity index (χ1v) is 16.1. The fourth-order valence-electron chi connectivity index (χ4n) is 5.47. The van der Waals surface area contributed by atoms with Crippen molar-refractivity contribution in [3.63, 3.8) is 0 Å². The van der Waals surface area contributed by atoms with Gasteiger partial charge in [-0.3, -0.25) is 4.55 Å². The van der Waals surface area contributed by atoms with Crippen molar-refractivity contribution in [1.82, 2.24) is 0 Å². The SMILES string of the molecule is O=S(=O)(O)O[C@H]1[C@H](O)[C@@H](O)[C@@H](O)O[C@@H]1CO[C@H]1O[C@H](CO[C@H]2O[C@H](CO[C@H]3O[C@H](CO)[C@@H](O)[C@H](O)[C@H]3O)[C@@H](O)[C@@H](O)[C@H]2O)[C@@H](O)[C@H](O)[C@H]1O. The third-order valence-corrected chi connectivity index (χ3v) is 8.82. The van der Waals surface area contributed by atoms with Gasteiger partial charge in [0, 0.05) is 0 Å². The molecule has 25 heteroatoms. The summed E-state index contributed by atoms with van der Waals surface area (Å²) < 4.78 is 73.0. The molecular formula is C24H42O24S. The summed E-state index contributed by atoms with van der Waals surface area (Å²) in [5.74, 6) is 0. The molecule has 4 aliphatic rings. The summed E-state index contributed by atoms with van der Waals surface area (Å²) in [5, 5.41) is 132. The van der Waals surface area contributed by atoms with E-state index < -0.39 is 160 Å². The summed E-state index contributed by atoms with van der Waals surface area (Å²) in [7, 11) is -5.24. The summed E-state index contributed by atoms with van der Waals surface area (Å²) >= 11 is 0. The molecule has 14 N–H and O–H groups in total. The van der Waals surface area contributed by atoms with Gasteiger partial charge in [-0.2, -0.15) is 8.42 Å². The molecule has 0 aromatic carbocycles. The van der Waals surface area contributed by atoms with E-state index in [1.165, 1.54) is 0 Å². The number of aliphatic hydroxyl groups excluding tert-OH is 13. The number of ether oxygens (including phenoxy) is 7. The molecule has 4 fully saturated rings. The zero-order valence-electron chi connectivity index (χ0n) is 25.1. The van der Waals surface area contributed by atoms with Gasteiger partial charge in [-0.05, 0) is 0 Å². The first-order chi connectivity index (χ1) is 22.9. The molecule has 49 heavy (non-hydrogen) atoms. The van der Waals surface area contributed by atoms with E-state index in [4.69, 9.17) is 37.7 Å². The van der Waals surface area contributed by atoms with Gasteiger partial charge in [0.25, 0.3) is 0 Å². The van der Waals surface area contributed by atoms with Crippen LogP contribution in [-0.2, 0) is 47.7 Å². The molecule has 0 bridgehead atoms. The Bertz CT molecular complexity index is 1150. The van der Waals surface area contributed by atoms with Crippen LogP contribution in [0.5, 0.6) is 0 Å². The van der Waals surface area contributed by atoms with E-state index in [9.17, 15) is 74.8 Å². The van der Waals surface area contributed by atoms with Gasteiger partial charge in [0.05, 0.1) is 26.4 Å². The van der Waals surface area contributed by atoms with Crippen LogP contribution in [0, 0.1) is 0 Å². The van der Waals surface area contributed by atoms with E-state index >= 15 is 0 Å². The fourth-order valence-corrected chi connectivity index (χ4v) is 5.99. The number of hydrogen-bond acceptors (Lipinski definition) is 23. The van der Waals surface area contributed by atoms with Gasteiger partial charge >= 0.3 is 10.4 Å². The monoisotopic (exact) mass is 746 g/mol. The lowest BCUT2D eigenvalue weighted by atomic mass is 9.98. The van der Waals surface area contributed by atoms with Crippen molar-refractivity contribution in [3.05, 3.63) is 0 Å². The smallest absolute Gasteiger partial charge is 0.394 e. The second-order valence-electron chi connectivity index (χ2n) is 11.8. The number of aliphatic hydroxyl groups is 13. The van der Waals surface area contributed by atoms with Crippen molar-refractivity contribution in [3.8, 4) is 0 Å². The average molecular weight is 747 g/mol. The maximum Gasteiger partial charge on any atom is 0.397 e. The van der Waals surface area contributed by atoms with Crippen molar-refractivity contribution < 1.29 is 117 Å². The molecule has 0 saturated carbocycles. The highest BCUT2D eigenvalue weighted by Gasteiger charge is 2.51. The average Bonchev–Trinajstić information content (AvgIpc) is 3.05. The van der Waals surface area contributed by atoms with Crippen LogP contribution in [0.15, 0.2) is 0 Å². The Morgan fingerprint density at radius 1 is 0.449 bits per heavy atom. The van der Waals surface area contributed by atoms with Gasteiger partial charge in [-0.15, -0.1) is 0 Å². The molecule has 0 aromatic rings. The van der Waals surface area contributed by atoms with Gasteiger partial charge in [0.1, 0.15) is 97.7 Å². The van der Waals surface area contributed by atoms with Gasteiger partial charge < -0.3 is 99.5 Å². The molecule has 4 aliphatic heterocycles. The van der Waals surface area contributed by atoms with Crippen LogP contribution in [-0.4, -0.2) is 229 Å². The van der Waals surface area contributed by atoms with Crippen LogP contribution in [0.2, 0.25) is 0 Å². The highest BCUT2D eigenvalue weighted by Crippen LogP contribution is 2.29. The van der Waals surface area contributed by atoms with Gasteiger partial charge in [-0.25, -0.2) is 4.18 Å². The van der Waals surface area contributed by atoms with Crippen LogP contribution in [0.4, 0.5) is 0 Å². The maximum atomic E-state index is 11.2. The molecule has 4 rings (SSSR count). The molecule has 0 aliphatic carbocycles. The molecule has 288 valence electrons. The molecular weight excluding hydrogens is 704 g/mol. The van der Waals surface area contributed by atoms with Crippen LogP contribution < -0.4 is 0 Å². The second kappa shape index (κ2) is 16.8. The van der Waals surface area contributed by atoms with Crippen molar-refractivity contribution in [2.24, 2.45) is 0 Å². The van der Waals surface area contributed by atoms with Crippen LogP contribution in [0.25, 0.3) is 0 Å². The zero-order valence-corrected chi connectivity index (χ0v) is 25.9. The maximum absolute atomic E-state index is 11.2. The third kappa shape index (κ3) is 9.36. The Kier molecular flexibility index (Phi) is 14.0. The molecule has 0 aromatic heterocycles. The number of hydrogen-bond donors (Lipinski definition) is 14. The highest BCUT2D eigenvalue weighted by molar-refractivity contribution is 7.80. The van der Waals surface area contributed by atoms with E-state index in [1.807, 2.05) is 0 Å². The zero-order chi connectivity index (χ0) is 36.5. The summed E-state index contributed by atoms with van der Waals surface area (Å²) in [6.45, 7) is -3.09. The lowest BCUT2D eigenvalue weighted by Crippen LogP contribution is -2.63. The summed E-state index contributed by atoms with van der Waals surface area (Å²) in [6.07, 6.45) is -36.6. The molecule has 0 radical (unpaired) electrons. The van der Waals surface area contributed by atoms with Crippen LogP contribution in [0.3, 0.4) is 0 Å². The van der Waals surface area contributed by atoms with E-state index in [1.54, 1.807) is 0 Å². The van der Waals surface area contributed by atoms with E-state index in [0.29, 0.717) is 0 Å². The Morgan fingerprint density at radius 3 is 1.20 bits per heavy atom. The Balaban J connectivity index is 1.36. The van der Waals surface area contributed by atoms with Crippen molar-refractivity contribution in [1.29, 1.82) is 0 Å². The Morgan fingerprint density at radius 2 is 0.816 bits per heavy atom. The molecule has 0 spiro atoms. The van der Waals surface area contributed by atoms with E-state index in [2.05, 4.69) is 4.18 Å². The largest absolute Gasteiger partial charge is 0.397 e. The highest BCUT2D eigenvalue weighted by atomic mass is 32.3. The summed E-state index contributed by atoms with van der Waals surface area (Å²) in [5.41, 5.74) is 0. The normalized spacial score (nSPS) is 49.9. The fraction of sp³-hybridized carbons (Fsp3) is 1.00. The lowest BCUT2D eigenvalue weighted by Gasteiger charge is -2.44. The third-order valence-electron chi connectivity index (χ3n) is 8.35. The minimum atomic E-state index is -5.24. The van der Waals surface area contributed by atoms with E-state index in [-0.39, 0.29) is 0 Å². The lowest BCUT2D eigenvalue weighted by molar-refractivity contribution is -0.346. The quantitative estimate of drug-likeness (QED) is 0.0824. The summed E-state index contributed by atoms with van der Waals surface area (Å²) in [6, 6.07) is 0. The first-order valence-electron chi connectivity index (χ1n) is 14.8. The van der Waals surface area contributed by atoms with Crippen LogP contribution in [0.1, 0.15) is 0 Å². The minimum absolute atomic E-state index is 0.678. The summed E-state index contributed by atoms with van der Waals surface area (Å²) in [4.78, 5) is 0. The van der Waals surface area contributed by atoms with Gasteiger partial charge in [0.15, 0.2) is 25.2 Å². The Hall–Kier alpha value is -0.930. The molecule has 0 amide bonds. The standard InChI is InChI=1S/C24H42O24S/c25-1-5-9(26)12(29)17(34)22(45-5)41-2-6-10(27)13(30)18(35)23(46-6)42-3-7-11(28)14(31)19(36)24(47-7)43-4-8-20(48-49(38,39)40)15(32)16(33)21(37)44-8/h5-37H,1-4H2,(H,38,39,40)/t5-,6-,7-,8-,9-,10-,11-,12+,13-,14+,15-,16-,17-,18-,19-,20-,21+,22+,23+,24+/m1/s1. The van der Waals surface area contributed by atoms with Gasteiger partial charge in [-0.1, -0.05) is 0 Å². The van der Waals surface area contributed by atoms with Crippen molar-refractivity contribution in [2.75, 3.05) is 26.4 Å². The molecule has 4 saturated heterocycles. The topological polar surface area (TPSA) is 391 Å². The molecule has 4 heterocycles.